The number of hydrogen-bond donors (Lipinski definition) is 2. The van der Waals surface area contributed by atoms with Crippen LogP contribution in [0.2, 0.25) is 0 Å². The normalized spacial score (nSPS) is 14.5. The molecule has 0 fully saturated rings. The van der Waals surface area contributed by atoms with Crippen molar-refractivity contribution in [3.05, 3.63) is 95.8 Å². The van der Waals surface area contributed by atoms with Gasteiger partial charge in [-0.1, -0.05) is 60.7 Å². The fourth-order valence-corrected chi connectivity index (χ4v) is 4.80. The molecule has 1 heterocycles. The first-order valence-corrected chi connectivity index (χ1v) is 13.9. The number of nitrogens with one attached hydrogen (secondary N) is 1. The number of hydrogen-bond acceptors (Lipinski definition) is 4. The zero-order valence-corrected chi connectivity index (χ0v) is 21.9. The van der Waals surface area contributed by atoms with Gasteiger partial charge in [0.2, 0.25) is 0 Å². The maximum Gasteiger partial charge on any atom is 0.522 e. The lowest BCUT2D eigenvalue weighted by Crippen LogP contribution is -2.32. The number of benzene rings is 3. The van der Waals surface area contributed by atoms with Crippen molar-refractivity contribution in [3.8, 4) is 11.1 Å². The summed E-state index contributed by atoms with van der Waals surface area (Å²) in [6, 6.07) is 23.8. The number of rotatable bonds is 6. The minimum absolute atomic E-state index is 0.0954. The van der Waals surface area contributed by atoms with Crippen LogP contribution in [0.4, 0.5) is 23.2 Å². The van der Waals surface area contributed by atoms with Crippen LogP contribution in [-0.2, 0) is 16.5 Å². The maximum atomic E-state index is 14.3. The first kappa shape index (κ1) is 28.7. The fourth-order valence-electron chi connectivity index (χ4n) is 3.81. The van der Waals surface area contributed by atoms with Crippen LogP contribution in [0.5, 0.6) is 0 Å². The maximum absolute atomic E-state index is 14.3. The summed E-state index contributed by atoms with van der Waals surface area (Å²) in [6.07, 6.45) is 3.39. The molecule has 10 heteroatoms. The van der Waals surface area contributed by atoms with E-state index in [9.17, 15) is 17.6 Å². The summed E-state index contributed by atoms with van der Waals surface area (Å²) in [5, 5.41) is 3.60. The molecule has 0 spiro atoms. The molecule has 0 unspecified atom stereocenters. The van der Waals surface area contributed by atoms with Gasteiger partial charge in [-0.05, 0) is 60.9 Å². The molecule has 0 amide bonds. The molecular weight excluding hydrogens is 526 g/mol. The molecule has 37 heavy (non-hydrogen) atoms. The highest BCUT2D eigenvalue weighted by atomic mass is 32.2. The first-order valence-electron chi connectivity index (χ1n) is 11.3. The van der Waals surface area contributed by atoms with Crippen LogP contribution in [-0.4, -0.2) is 35.5 Å². The lowest BCUT2D eigenvalue weighted by atomic mass is 9.89. The Kier molecular flexibility index (Phi) is 9.09. The van der Waals surface area contributed by atoms with Gasteiger partial charge in [0, 0.05) is 22.6 Å². The first-order chi connectivity index (χ1) is 17.3. The van der Waals surface area contributed by atoms with Crippen molar-refractivity contribution in [1.82, 2.24) is 0 Å². The topological polar surface area (TPSA) is 66.4 Å². The molecule has 0 saturated heterocycles. The second-order valence-corrected chi connectivity index (χ2v) is 11.5. The number of halogens is 4. The molecule has 0 bridgehead atoms. The predicted molar refractivity (Wildman–Crippen MR) is 143 cm³/mol. The molecule has 2 N–H and O–H groups in total. The van der Waals surface area contributed by atoms with Crippen LogP contribution in [0.3, 0.4) is 0 Å². The van der Waals surface area contributed by atoms with E-state index in [1.54, 1.807) is 6.07 Å². The van der Waals surface area contributed by atoms with Gasteiger partial charge >= 0.3 is 15.6 Å². The quantitative estimate of drug-likeness (QED) is 0.144. The van der Waals surface area contributed by atoms with E-state index in [0.29, 0.717) is 5.56 Å². The minimum atomic E-state index is -5.84. The Balaban J connectivity index is 0.000000414. The van der Waals surface area contributed by atoms with Crippen molar-refractivity contribution in [2.24, 2.45) is 0 Å². The molecule has 4 nitrogen and oxygen atoms in total. The van der Waals surface area contributed by atoms with Gasteiger partial charge in [0.05, 0.1) is 5.54 Å². The van der Waals surface area contributed by atoms with Crippen molar-refractivity contribution in [2.75, 3.05) is 16.8 Å². The van der Waals surface area contributed by atoms with Gasteiger partial charge in [-0.3, -0.25) is 4.55 Å². The highest BCUT2D eigenvalue weighted by Crippen LogP contribution is 2.38. The number of aryl methyl sites for hydroxylation is 1. The van der Waals surface area contributed by atoms with Gasteiger partial charge in [0.25, 0.3) is 0 Å². The van der Waals surface area contributed by atoms with Crippen molar-refractivity contribution < 1.29 is 30.5 Å². The van der Waals surface area contributed by atoms with Gasteiger partial charge in [-0.2, -0.15) is 33.4 Å². The van der Waals surface area contributed by atoms with E-state index >= 15 is 0 Å². The average molecular weight is 554 g/mol. The average Bonchev–Trinajstić information content (AvgIpc) is 2.81. The third-order valence-corrected chi connectivity index (χ3v) is 7.06. The number of thioether (sulfide) groups is 1. The van der Waals surface area contributed by atoms with Gasteiger partial charge in [-0.15, -0.1) is 0 Å². The molecule has 198 valence electrons. The number of anilines is 1. The molecule has 4 rings (SSSR count). The van der Waals surface area contributed by atoms with Gasteiger partial charge < -0.3 is 5.32 Å². The van der Waals surface area contributed by atoms with E-state index in [2.05, 4.69) is 67.7 Å². The van der Waals surface area contributed by atoms with Crippen LogP contribution < -0.4 is 5.32 Å². The molecule has 3 aromatic carbocycles. The smallest absolute Gasteiger partial charge is 0.376 e. The Labute approximate surface area is 218 Å². The summed E-state index contributed by atoms with van der Waals surface area (Å²) in [4.78, 5) is 0. The van der Waals surface area contributed by atoms with Crippen molar-refractivity contribution in [1.29, 1.82) is 0 Å². The Morgan fingerprint density at radius 2 is 1.57 bits per heavy atom. The molecular formula is C27H27F4NO3S2. The second kappa shape index (κ2) is 11.7. The lowest BCUT2D eigenvalue weighted by Gasteiger charge is -2.32. The largest absolute Gasteiger partial charge is 0.522 e. The highest BCUT2D eigenvalue weighted by molar-refractivity contribution is 7.99. The number of fused-ring (bicyclic) bond motifs is 1. The monoisotopic (exact) mass is 553 g/mol. The molecule has 1 aliphatic heterocycles. The Morgan fingerprint density at radius 1 is 0.946 bits per heavy atom. The van der Waals surface area contributed by atoms with Crippen molar-refractivity contribution in [2.45, 2.75) is 31.3 Å². The zero-order valence-electron chi connectivity index (χ0n) is 20.2. The van der Waals surface area contributed by atoms with Crippen molar-refractivity contribution in [3.63, 3.8) is 0 Å². The fraction of sp³-hybridized carbons (Fsp3) is 0.259. The second-order valence-electron chi connectivity index (χ2n) is 8.97. The Hall–Kier alpha value is -2.82. The van der Waals surface area contributed by atoms with E-state index in [-0.39, 0.29) is 11.4 Å². The van der Waals surface area contributed by atoms with Gasteiger partial charge in [0.15, 0.2) is 0 Å². The van der Waals surface area contributed by atoms with E-state index in [1.165, 1.54) is 22.8 Å². The predicted octanol–water partition coefficient (Wildman–Crippen LogP) is 7.45. The van der Waals surface area contributed by atoms with Gasteiger partial charge in [0.1, 0.15) is 5.82 Å². The molecule has 3 aromatic rings. The summed E-state index contributed by atoms with van der Waals surface area (Å²) in [7, 11) is -5.84. The lowest BCUT2D eigenvalue weighted by molar-refractivity contribution is -0.0510. The molecule has 0 radical (unpaired) electrons. The summed E-state index contributed by atoms with van der Waals surface area (Å²) in [5.74, 6) is 1.85. The summed E-state index contributed by atoms with van der Waals surface area (Å²) >= 11 is 1.95. The molecule has 0 aliphatic carbocycles. The van der Waals surface area contributed by atoms with E-state index < -0.39 is 15.6 Å². The molecule has 0 atom stereocenters. The van der Waals surface area contributed by atoms with Crippen LogP contribution in [0, 0.1) is 5.82 Å². The van der Waals surface area contributed by atoms with Gasteiger partial charge in [-0.25, -0.2) is 4.39 Å². The van der Waals surface area contributed by atoms with Crippen LogP contribution >= 0.6 is 11.8 Å². The van der Waals surface area contributed by atoms with Crippen LogP contribution in [0.15, 0.2) is 78.9 Å². The van der Waals surface area contributed by atoms with E-state index in [1.807, 2.05) is 30.0 Å². The van der Waals surface area contributed by atoms with Crippen LogP contribution in [0.1, 0.15) is 25.0 Å². The Bertz CT molecular complexity index is 1360. The van der Waals surface area contributed by atoms with Crippen molar-refractivity contribution >= 4 is 33.1 Å². The molecule has 0 aromatic heterocycles. The number of alkyl halides is 3. The SMILES string of the molecule is CC1(C)C=C(CSCCc2ccccc2)c2cc(-c3ccccc3F)ccc2N1.O=S(=O)(O)C(F)(F)F. The van der Waals surface area contributed by atoms with E-state index in [0.717, 1.165) is 29.2 Å². The summed E-state index contributed by atoms with van der Waals surface area (Å²) in [5.41, 5.74) is 0.935. The summed E-state index contributed by atoms with van der Waals surface area (Å²) < 4.78 is 71.8. The van der Waals surface area contributed by atoms with E-state index in [4.69, 9.17) is 13.0 Å². The standard InChI is InChI=1S/C26H26FNS.CHF3O3S/c1-26(2)17-21(18-29-15-14-19-8-4-3-5-9-19)23-16-20(12-13-25(23)28-26)22-10-6-7-11-24(22)27;2-1(3,4)8(5,6)7/h3-13,16-17,28H,14-15,18H2,1-2H3;(H,5,6,7). The third-order valence-electron chi connectivity index (χ3n) is 5.47. The summed E-state index contributed by atoms with van der Waals surface area (Å²) in [6.45, 7) is 4.38. The zero-order chi connectivity index (χ0) is 27.3. The molecule has 0 saturated carbocycles. The Morgan fingerprint density at radius 3 is 2.19 bits per heavy atom. The highest BCUT2D eigenvalue weighted by Gasteiger charge is 2.44. The van der Waals surface area contributed by atoms with Crippen LogP contribution in [0.25, 0.3) is 16.7 Å². The minimum Gasteiger partial charge on any atom is -0.376 e. The molecule has 1 aliphatic rings. The third kappa shape index (κ3) is 8.08.